The highest BCUT2D eigenvalue weighted by atomic mass is 31.2. The largest absolute Gasteiger partial charge is 0.756 e. The van der Waals surface area contributed by atoms with E-state index in [9.17, 15) is 19.7 Å². The summed E-state index contributed by atoms with van der Waals surface area (Å²) in [7, 11) is -4.75. The monoisotopic (exact) mass is 227 g/mol. The first-order chi connectivity index (χ1) is 6.31. The molecule has 0 aromatic rings. The Bertz CT molecular complexity index is 242. The van der Waals surface area contributed by atoms with Crippen molar-refractivity contribution in [1.82, 2.24) is 0 Å². The first-order valence-electron chi connectivity index (χ1n) is 4.21. The molecular weight excluding hydrogens is 213 g/mol. The molecule has 1 fully saturated rings. The van der Waals surface area contributed by atoms with Crippen LogP contribution in [0.2, 0.25) is 0 Å². The molecule has 14 heavy (non-hydrogen) atoms. The predicted octanol–water partition coefficient (Wildman–Crippen LogP) is -3.48. The number of rotatable bonds is 3. The molecule has 1 saturated heterocycles. The molecule has 5 N–H and O–H groups in total. The molecule has 0 saturated carbocycles. The average molecular weight is 227 g/mol. The van der Waals surface area contributed by atoms with Crippen LogP contribution in [0.5, 0.6) is 0 Å². The third-order valence-corrected chi connectivity index (χ3v) is 2.78. The van der Waals surface area contributed by atoms with Crippen LogP contribution in [-0.2, 0) is 9.09 Å². The first-order valence-corrected chi connectivity index (χ1v) is 5.70. The van der Waals surface area contributed by atoms with Crippen LogP contribution in [-0.4, -0.2) is 46.0 Å². The molecule has 0 spiro atoms. The highest BCUT2D eigenvalue weighted by molar-refractivity contribution is 7.44. The van der Waals surface area contributed by atoms with Gasteiger partial charge in [0, 0.05) is 0 Å². The van der Waals surface area contributed by atoms with Gasteiger partial charge in [0.15, 0.2) is 0 Å². The van der Waals surface area contributed by atoms with Gasteiger partial charge in [-0.1, -0.05) is 0 Å². The maximum Gasteiger partial charge on any atom is 0.265 e. The first kappa shape index (κ1) is 12.1. The van der Waals surface area contributed by atoms with Gasteiger partial charge in [-0.2, -0.15) is 0 Å². The van der Waals surface area contributed by atoms with Crippen molar-refractivity contribution in [2.75, 3.05) is 6.61 Å². The Morgan fingerprint density at radius 1 is 1.50 bits per heavy atom. The average Bonchev–Trinajstić information content (AvgIpc) is 2.28. The second kappa shape index (κ2) is 4.24. The van der Waals surface area contributed by atoms with Crippen LogP contribution in [0.3, 0.4) is 0 Å². The highest BCUT2D eigenvalue weighted by Crippen LogP contribution is 2.30. The van der Waals surface area contributed by atoms with E-state index in [1.807, 2.05) is 0 Å². The number of hydrogen-bond donors (Lipinski definition) is 4. The molecule has 0 bridgehead atoms. The van der Waals surface area contributed by atoms with Gasteiger partial charge in [-0.05, 0) is 6.92 Å². The van der Waals surface area contributed by atoms with Crippen LogP contribution < -0.4 is 10.2 Å². The van der Waals surface area contributed by atoms with Gasteiger partial charge in [-0.3, -0.25) is 4.57 Å². The molecule has 1 aliphatic heterocycles. The van der Waals surface area contributed by atoms with Gasteiger partial charge in [-0.25, -0.2) is 0 Å². The minimum Gasteiger partial charge on any atom is -0.756 e. The van der Waals surface area contributed by atoms with Gasteiger partial charge < -0.3 is 29.8 Å². The number of aliphatic hydroxyl groups excluding tert-OH is 2. The lowest BCUT2D eigenvalue weighted by Gasteiger charge is -2.18. The van der Waals surface area contributed by atoms with Gasteiger partial charge in [-0.15, -0.1) is 0 Å². The lowest BCUT2D eigenvalue weighted by molar-refractivity contribution is -0.704. The molecular formula is C6H14NO6P. The number of quaternary nitrogens is 1. The Kier molecular flexibility index (Phi) is 3.65. The maximum absolute atomic E-state index is 10.3. The highest BCUT2D eigenvalue weighted by Gasteiger charge is 2.43. The van der Waals surface area contributed by atoms with Crippen molar-refractivity contribution in [3.8, 4) is 0 Å². The summed E-state index contributed by atoms with van der Waals surface area (Å²) < 4.78 is 14.4. The number of phosphoric acid groups is 1. The van der Waals surface area contributed by atoms with Crippen LogP contribution in [0.25, 0.3) is 0 Å². The molecule has 8 heteroatoms. The Morgan fingerprint density at radius 2 is 2.07 bits per heavy atom. The van der Waals surface area contributed by atoms with E-state index in [0.717, 1.165) is 0 Å². The third kappa shape index (κ3) is 2.99. The molecule has 1 unspecified atom stereocenters. The van der Waals surface area contributed by atoms with Crippen molar-refractivity contribution in [1.29, 1.82) is 0 Å². The molecule has 1 rings (SSSR count). The summed E-state index contributed by atoms with van der Waals surface area (Å²) in [6.45, 7) is 1.35. The second-order valence-corrected chi connectivity index (χ2v) is 4.66. The SMILES string of the molecule is C[C@@H]1[NH2+][C@H](COP(=O)([O-])O)[C@@H](O)[C@@H]1O. The van der Waals surface area contributed by atoms with E-state index in [4.69, 9.17) is 4.89 Å². The molecule has 1 aliphatic rings. The fraction of sp³-hybridized carbons (Fsp3) is 1.00. The van der Waals surface area contributed by atoms with E-state index in [-0.39, 0.29) is 12.6 Å². The minimum absolute atomic E-state index is 0.219. The van der Waals surface area contributed by atoms with E-state index in [1.54, 1.807) is 12.2 Å². The molecule has 0 aliphatic carbocycles. The van der Waals surface area contributed by atoms with Crippen LogP contribution in [0.4, 0.5) is 0 Å². The van der Waals surface area contributed by atoms with E-state index in [0.29, 0.717) is 0 Å². The van der Waals surface area contributed by atoms with Crippen molar-refractivity contribution in [2.45, 2.75) is 31.2 Å². The lowest BCUT2D eigenvalue weighted by Crippen LogP contribution is -2.93. The molecule has 0 aromatic carbocycles. The van der Waals surface area contributed by atoms with Crippen LogP contribution in [0, 0.1) is 0 Å². The quantitative estimate of drug-likeness (QED) is 0.371. The minimum atomic E-state index is -4.75. The number of phosphoric ester groups is 1. The fourth-order valence-electron chi connectivity index (χ4n) is 1.52. The van der Waals surface area contributed by atoms with Crippen molar-refractivity contribution in [3.05, 3.63) is 0 Å². The van der Waals surface area contributed by atoms with Gasteiger partial charge in [0.25, 0.3) is 7.82 Å². The van der Waals surface area contributed by atoms with Crippen molar-refractivity contribution in [3.63, 3.8) is 0 Å². The number of nitrogens with two attached hydrogens (primary N) is 1. The number of aliphatic hydroxyl groups is 2. The summed E-state index contributed by atoms with van der Waals surface area (Å²) in [5.41, 5.74) is 0. The molecule has 0 aromatic heterocycles. The van der Waals surface area contributed by atoms with E-state index < -0.39 is 26.1 Å². The zero-order chi connectivity index (χ0) is 10.9. The third-order valence-electron chi connectivity index (χ3n) is 2.31. The zero-order valence-electron chi connectivity index (χ0n) is 7.61. The Morgan fingerprint density at radius 3 is 2.43 bits per heavy atom. The molecule has 84 valence electrons. The van der Waals surface area contributed by atoms with E-state index >= 15 is 0 Å². The van der Waals surface area contributed by atoms with Gasteiger partial charge in [0.05, 0.1) is 0 Å². The van der Waals surface area contributed by atoms with Crippen molar-refractivity contribution < 1.29 is 34.4 Å². The molecule has 7 nitrogen and oxygen atoms in total. The summed E-state index contributed by atoms with van der Waals surface area (Å²) in [5.74, 6) is 0. The van der Waals surface area contributed by atoms with Crippen LogP contribution in [0.15, 0.2) is 0 Å². The maximum atomic E-state index is 10.3. The summed E-state index contributed by atoms with van der Waals surface area (Å²) in [4.78, 5) is 18.6. The van der Waals surface area contributed by atoms with E-state index in [2.05, 4.69) is 4.52 Å². The van der Waals surface area contributed by atoms with Gasteiger partial charge in [0.1, 0.15) is 30.9 Å². The zero-order valence-corrected chi connectivity index (χ0v) is 8.50. The summed E-state index contributed by atoms with van der Waals surface area (Å²) >= 11 is 0. The van der Waals surface area contributed by atoms with Crippen molar-refractivity contribution in [2.24, 2.45) is 0 Å². The number of hydrogen-bond acceptors (Lipinski definition) is 5. The molecule has 0 amide bonds. The topological polar surface area (TPSA) is 127 Å². The Hall–Kier alpha value is -0.0100. The fourth-order valence-corrected chi connectivity index (χ4v) is 1.88. The molecule has 0 radical (unpaired) electrons. The normalized spacial score (nSPS) is 42.4. The summed E-state index contributed by atoms with van der Waals surface area (Å²) in [6, 6.07) is -0.794. The van der Waals surface area contributed by atoms with Crippen LogP contribution in [0.1, 0.15) is 6.92 Å². The van der Waals surface area contributed by atoms with Gasteiger partial charge in [0.2, 0.25) is 0 Å². The molecule has 1 heterocycles. The molecule has 5 atom stereocenters. The second-order valence-electron chi connectivity index (χ2n) is 3.46. The summed E-state index contributed by atoms with van der Waals surface area (Å²) in [5, 5.41) is 20.3. The lowest BCUT2D eigenvalue weighted by atomic mass is 10.1. The predicted molar refractivity (Wildman–Crippen MR) is 43.0 cm³/mol. The van der Waals surface area contributed by atoms with E-state index in [1.165, 1.54) is 0 Å². The van der Waals surface area contributed by atoms with Gasteiger partial charge >= 0.3 is 0 Å². The van der Waals surface area contributed by atoms with Crippen LogP contribution >= 0.6 is 7.82 Å². The Balaban J connectivity index is 2.44. The standard InChI is InChI=1S/C6H14NO6P/c1-3-5(8)6(9)4(7-3)2-13-14(10,11)12/h3-9H,2H2,1H3,(H2,10,11,12)/t3-,4+,5+,6+/m0/s1. The van der Waals surface area contributed by atoms with Crippen molar-refractivity contribution >= 4 is 7.82 Å². The Labute approximate surface area is 80.9 Å². The smallest absolute Gasteiger partial charge is 0.265 e. The summed E-state index contributed by atoms with van der Waals surface area (Å²) in [6.07, 6.45) is -1.95.